The van der Waals surface area contributed by atoms with E-state index in [2.05, 4.69) is 26.1 Å². The molecule has 17 heavy (non-hydrogen) atoms. The monoisotopic (exact) mass is 291 g/mol. The molecule has 0 bridgehead atoms. The SMILES string of the molecule is CC(C)(C)NC/C=C/c1c(Cl)ccc(Cl)c1Cl. The number of hydrogen-bond donors (Lipinski definition) is 1. The van der Waals surface area contributed by atoms with E-state index >= 15 is 0 Å². The van der Waals surface area contributed by atoms with Gasteiger partial charge in [-0.15, -0.1) is 0 Å². The summed E-state index contributed by atoms with van der Waals surface area (Å²) in [5.74, 6) is 0. The first-order chi connectivity index (χ1) is 7.81. The van der Waals surface area contributed by atoms with Gasteiger partial charge in [0.15, 0.2) is 0 Å². The van der Waals surface area contributed by atoms with Gasteiger partial charge >= 0.3 is 0 Å². The number of benzene rings is 1. The van der Waals surface area contributed by atoms with Crippen LogP contribution in [0.15, 0.2) is 18.2 Å². The third-order valence-electron chi connectivity index (χ3n) is 2.11. The van der Waals surface area contributed by atoms with Gasteiger partial charge in [0.1, 0.15) is 0 Å². The second-order valence-corrected chi connectivity index (χ2v) is 5.98. The molecule has 0 unspecified atom stereocenters. The molecule has 1 nitrogen and oxygen atoms in total. The van der Waals surface area contributed by atoms with Crippen molar-refractivity contribution >= 4 is 40.9 Å². The average molecular weight is 293 g/mol. The molecule has 4 heteroatoms. The minimum atomic E-state index is 0.0895. The summed E-state index contributed by atoms with van der Waals surface area (Å²) in [4.78, 5) is 0. The summed E-state index contributed by atoms with van der Waals surface area (Å²) in [5.41, 5.74) is 0.850. The Morgan fingerprint density at radius 1 is 1.12 bits per heavy atom. The first-order valence-electron chi connectivity index (χ1n) is 5.36. The van der Waals surface area contributed by atoms with Crippen LogP contribution in [0.2, 0.25) is 15.1 Å². The van der Waals surface area contributed by atoms with Gasteiger partial charge in [0.2, 0.25) is 0 Å². The van der Waals surface area contributed by atoms with Gasteiger partial charge < -0.3 is 5.32 Å². The Hall–Kier alpha value is -0.210. The van der Waals surface area contributed by atoms with Crippen molar-refractivity contribution in [1.29, 1.82) is 0 Å². The quantitative estimate of drug-likeness (QED) is 0.769. The predicted molar refractivity (Wildman–Crippen MR) is 78.3 cm³/mol. The van der Waals surface area contributed by atoms with E-state index in [4.69, 9.17) is 34.8 Å². The van der Waals surface area contributed by atoms with Crippen molar-refractivity contribution in [3.63, 3.8) is 0 Å². The molecule has 94 valence electrons. The van der Waals surface area contributed by atoms with Crippen molar-refractivity contribution in [3.05, 3.63) is 38.8 Å². The molecule has 0 aliphatic carbocycles. The summed E-state index contributed by atoms with van der Waals surface area (Å²) in [5, 5.41) is 4.95. The lowest BCUT2D eigenvalue weighted by atomic mass is 10.1. The lowest BCUT2D eigenvalue weighted by molar-refractivity contribution is 0.450. The van der Waals surface area contributed by atoms with Crippen molar-refractivity contribution in [1.82, 2.24) is 5.32 Å². The normalized spacial score (nSPS) is 12.4. The van der Waals surface area contributed by atoms with Gasteiger partial charge in [0.05, 0.1) is 10.0 Å². The van der Waals surface area contributed by atoms with Crippen LogP contribution in [0, 0.1) is 0 Å². The average Bonchev–Trinajstić information content (AvgIpc) is 2.21. The lowest BCUT2D eigenvalue weighted by Crippen LogP contribution is -2.35. The molecule has 1 aromatic carbocycles. The molecule has 0 aliphatic rings. The summed E-state index contributed by atoms with van der Waals surface area (Å²) in [6, 6.07) is 3.43. The van der Waals surface area contributed by atoms with Crippen LogP contribution in [0.25, 0.3) is 6.08 Å². The first kappa shape index (κ1) is 14.8. The molecule has 0 atom stereocenters. The van der Waals surface area contributed by atoms with Gasteiger partial charge in [-0.1, -0.05) is 47.0 Å². The van der Waals surface area contributed by atoms with Crippen molar-refractivity contribution in [3.8, 4) is 0 Å². The van der Waals surface area contributed by atoms with E-state index in [9.17, 15) is 0 Å². The van der Waals surface area contributed by atoms with Crippen LogP contribution in [0.3, 0.4) is 0 Å². The highest BCUT2D eigenvalue weighted by molar-refractivity contribution is 6.44. The van der Waals surface area contributed by atoms with Gasteiger partial charge in [0.25, 0.3) is 0 Å². The zero-order chi connectivity index (χ0) is 13.1. The Bertz CT molecular complexity index is 419. The minimum Gasteiger partial charge on any atom is -0.309 e. The topological polar surface area (TPSA) is 12.0 Å². The van der Waals surface area contributed by atoms with Crippen LogP contribution in [0.4, 0.5) is 0 Å². The highest BCUT2D eigenvalue weighted by Gasteiger charge is 2.08. The summed E-state index contributed by atoms with van der Waals surface area (Å²) < 4.78 is 0. The molecule has 1 rings (SSSR count). The Morgan fingerprint density at radius 3 is 2.29 bits per heavy atom. The second kappa shape index (κ2) is 6.10. The molecule has 0 radical (unpaired) electrons. The van der Waals surface area contributed by atoms with E-state index in [1.54, 1.807) is 12.1 Å². The van der Waals surface area contributed by atoms with Crippen LogP contribution in [0.5, 0.6) is 0 Å². The van der Waals surface area contributed by atoms with Crippen molar-refractivity contribution < 1.29 is 0 Å². The smallest absolute Gasteiger partial charge is 0.0679 e. The summed E-state index contributed by atoms with van der Waals surface area (Å²) in [7, 11) is 0. The van der Waals surface area contributed by atoms with E-state index in [0.717, 1.165) is 12.1 Å². The molecule has 0 spiro atoms. The third-order valence-corrected chi connectivity index (χ3v) is 3.26. The van der Waals surface area contributed by atoms with E-state index in [1.807, 2.05) is 12.2 Å². The van der Waals surface area contributed by atoms with E-state index in [0.29, 0.717) is 15.1 Å². The van der Waals surface area contributed by atoms with Gasteiger partial charge in [-0.05, 0) is 32.9 Å². The number of hydrogen-bond acceptors (Lipinski definition) is 1. The Morgan fingerprint density at radius 2 is 1.71 bits per heavy atom. The molecule has 0 amide bonds. The van der Waals surface area contributed by atoms with Gasteiger partial charge in [-0.25, -0.2) is 0 Å². The Labute approximate surface area is 118 Å². The molecule has 0 saturated heterocycles. The number of halogens is 3. The lowest BCUT2D eigenvalue weighted by Gasteiger charge is -2.18. The molecular formula is C13H16Cl3N. The standard InChI is InChI=1S/C13H16Cl3N/c1-13(2,3)17-8-4-5-9-10(14)6-7-11(15)12(9)16/h4-7,17H,8H2,1-3H3/b5-4+. The van der Waals surface area contributed by atoms with E-state index in [1.165, 1.54) is 0 Å². The second-order valence-electron chi connectivity index (χ2n) is 4.79. The number of rotatable bonds is 3. The Kier molecular flexibility index (Phi) is 5.33. The van der Waals surface area contributed by atoms with Crippen molar-refractivity contribution in [2.45, 2.75) is 26.3 Å². The highest BCUT2D eigenvalue weighted by Crippen LogP contribution is 2.32. The van der Waals surface area contributed by atoms with Crippen LogP contribution < -0.4 is 5.32 Å². The molecule has 0 aliphatic heterocycles. The summed E-state index contributed by atoms with van der Waals surface area (Å²) in [6.07, 6.45) is 3.87. The molecule has 0 fully saturated rings. The summed E-state index contributed by atoms with van der Waals surface area (Å²) in [6.45, 7) is 7.09. The summed E-state index contributed by atoms with van der Waals surface area (Å²) >= 11 is 18.1. The molecule has 0 aromatic heterocycles. The molecular weight excluding hydrogens is 277 g/mol. The van der Waals surface area contributed by atoms with Gasteiger partial charge in [0, 0.05) is 22.7 Å². The maximum absolute atomic E-state index is 6.08. The molecule has 1 aromatic rings. The zero-order valence-electron chi connectivity index (χ0n) is 10.2. The fourth-order valence-corrected chi connectivity index (χ4v) is 1.90. The van der Waals surface area contributed by atoms with Gasteiger partial charge in [-0.3, -0.25) is 0 Å². The fraction of sp³-hybridized carbons (Fsp3) is 0.385. The van der Waals surface area contributed by atoms with Crippen LogP contribution >= 0.6 is 34.8 Å². The zero-order valence-corrected chi connectivity index (χ0v) is 12.4. The van der Waals surface area contributed by atoms with Crippen LogP contribution in [-0.2, 0) is 0 Å². The third kappa shape index (κ3) is 4.89. The maximum atomic E-state index is 6.08. The molecule has 0 heterocycles. The minimum absolute atomic E-state index is 0.0895. The predicted octanol–water partition coefficient (Wildman–Crippen LogP) is 5.05. The van der Waals surface area contributed by atoms with Crippen LogP contribution in [-0.4, -0.2) is 12.1 Å². The largest absolute Gasteiger partial charge is 0.309 e. The highest BCUT2D eigenvalue weighted by atomic mass is 35.5. The number of nitrogens with one attached hydrogen (secondary N) is 1. The fourth-order valence-electron chi connectivity index (χ4n) is 1.24. The Balaban J connectivity index is 2.75. The molecule has 1 N–H and O–H groups in total. The van der Waals surface area contributed by atoms with E-state index < -0.39 is 0 Å². The van der Waals surface area contributed by atoms with Gasteiger partial charge in [-0.2, -0.15) is 0 Å². The first-order valence-corrected chi connectivity index (χ1v) is 6.50. The van der Waals surface area contributed by atoms with Crippen LogP contribution in [0.1, 0.15) is 26.3 Å². The maximum Gasteiger partial charge on any atom is 0.0679 e. The van der Waals surface area contributed by atoms with Crippen molar-refractivity contribution in [2.75, 3.05) is 6.54 Å². The van der Waals surface area contributed by atoms with E-state index in [-0.39, 0.29) is 5.54 Å². The van der Waals surface area contributed by atoms with Crippen molar-refractivity contribution in [2.24, 2.45) is 0 Å². The molecule has 0 saturated carbocycles.